The van der Waals surface area contributed by atoms with Crippen LogP contribution in [0.15, 0.2) is 28.8 Å². The largest absolute Gasteiger partial charge is 0.398 e. The molecule has 21 heavy (non-hydrogen) atoms. The number of hydrogen-bond acceptors (Lipinski definition) is 5. The maximum Gasteiger partial charge on any atom is 0.260 e. The number of nitrogen functional groups attached to an aromatic ring is 1. The first kappa shape index (κ1) is 12.8. The van der Waals surface area contributed by atoms with Gasteiger partial charge in [0.15, 0.2) is 5.82 Å². The van der Waals surface area contributed by atoms with Gasteiger partial charge in [-0.3, -0.25) is 0 Å². The van der Waals surface area contributed by atoms with Gasteiger partial charge in [-0.15, -0.1) is 0 Å². The van der Waals surface area contributed by atoms with Crippen LogP contribution in [0.3, 0.4) is 0 Å². The van der Waals surface area contributed by atoms with Crippen LogP contribution in [0.25, 0.3) is 11.5 Å². The minimum atomic E-state index is 0.418. The third-order valence-corrected chi connectivity index (χ3v) is 5.10. The number of benzene rings is 1. The van der Waals surface area contributed by atoms with Crippen LogP contribution in [0, 0.1) is 0 Å². The summed E-state index contributed by atoms with van der Waals surface area (Å²) >= 11 is 0. The Morgan fingerprint density at radius 2 is 1.90 bits per heavy atom. The van der Waals surface area contributed by atoms with Gasteiger partial charge in [0, 0.05) is 23.7 Å². The number of fused-ring (bicyclic) bond motifs is 2. The molecule has 5 heteroatoms. The molecule has 2 saturated heterocycles. The van der Waals surface area contributed by atoms with E-state index in [0.29, 0.717) is 29.6 Å². The Hall–Kier alpha value is -1.88. The predicted molar refractivity (Wildman–Crippen MR) is 80.7 cm³/mol. The van der Waals surface area contributed by atoms with E-state index in [4.69, 9.17) is 10.3 Å². The third-order valence-electron chi connectivity index (χ3n) is 5.10. The van der Waals surface area contributed by atoms with Gasteiger partial charge in [-0.2, -0.15) is 4.98 Å². The standard InChI is InChI=1S/C16H20N4O/c1-20-11-6-7-12(20)9-10(8-11)15-18-16(21-19-15)13-4-2-3-5-14(13)17/h2-5,10-12H,6-9,17H2,1H3. The number of hydrogen-bond donors (Lipinski definition) is 1. The molecule has 2 aliphatic heterocycles. The Morgan fingerprint density at radius 1 is 1.19 bits per heavy atom. The summed E-state index contributed by atoms with van der Waals surface area (Å²) in [6.45, 7) is 0. The van der Waals surface area contributed by atoms with E-state index in [0.717, 1.165) is 24.2 Å². The molecule has 2 aliphatic rings. The average Bonchev–Trinajstić information content (AvgIpc) is 3.02. The van der Waals surface area contributed by atoms with Gasteiger partial charge in [-0.25, -0.2) is 0 Å². The minimum Gasteiger partial charge on any atom is -0.398 e. The highest BCUT2D eigenvalue weighted by molar-refractivity contribution is 5.69. The van der Waals surface area contributed by atoms with Gasteiger partial charge in [-0.1, -0.05) is 17.3 Å². The fraction of sp³-hybridized carbons (Fsp3) is 0.500. The van der Waals surface area contributed by atoms with Crippen molar-refractivity contribution in [1.82, 2.24) is 15.0 Å². The third kappa shape index (κ3) is 2.12. The van der Waals surface area contributed by atoms with Gasteiger partial charge in [-0.05, 0) is 44.9 Å². The van der Waals surface area contributed by atoms with Gasteiger partial charge in [0.05, 0.1) is 5.56 Å². The van der Waals surface area contributed by atoms with Gasteiger partial charge in [0.25, 0.3) is 5.89 Å². The van der Waals surface area contributed by atoms with Crippen molar-refractivity contribution < 1.29 is 4.52 Å². The number of para-hydroxylation sites is 1. The monoisotopic (exact) mass is 284 g/mol. The molecule has 2 fully saturated rings. The topological polar surface area (TPSA) is 68.2 Å². The summed E-state index contributed by atoms with van der Waals surface area (Å²) in [7, 11) is 2.24. The zero-order valence-electron chi connectivity index (χ0n) is 12.2. The Balaban J connectivity index is 1.60. The van der Waals surface area contributed by atoms with Crippen molar-refractivity contribution in [1.29, 1.82) is 0 Å². The summed E-state index contributed by atoms with van der Waals surface area (Å²) in [6, 6.07) is 8.98. The van der Waals surface area contributed by atoms with Crippen LogP contribution in [-0.4, -0.2) is 34.2 Å². The number of aromatic nitrogens is 2. The Bertz CT molecular complexity index is 639. The van der Waals surface area contributed by atoms with E-state index >= 15 is 0 Å². The van der Waals surface area contributed by atoms with Crippen LogP contribution in [0.2, 0.25) is 0 Å². The molecule has 1 aromatic carbocycles. The second kappa shape index (κ2) is 4.84. The molecular weight excluding hydrogens is 264 g/mol. The molecule has 2 N–H and O–H groups in total. The Labute approximate surface area is 124 Å². The van der Waals surface area contributed by atoms with Crippen LogP contribution in [-0.2, 0) is 0 Å². The first-order valence-electron chi connectivity index (χ1n) is 7.63. The van der Waals surface area contributed by atoms with Gasteiger partial charge < -0.3 is 15.2 Å². The summed E-state index contributed by atoms with van der Waals surface area (Å²) < 4.78 is 5.45. The average molecular weight is 284 g/mol. The van der Waals surface area contributed by atoms with E-state index in [2.05, 4.69) is 22.1 Å². The number of piperidine rings is 1. The fourth-order valence-corrected chi connectivity index (χ4v) is 3.82. The highest BCUT2D eigenvalue weighted by atomic mass is 16.5. The molecule has 110 valence electrons. The van der Waals surface area contributed by atoms with Crippen LogP contribution in [0.1, 0.15) is 37.4 Å². The first-order chi connectivity index (χ1) is 10.2. The summed E-state index contributed by atoms with van der Waals surface area (Å²) in [5, 5.41) is 4.22. The van der Waals surface area contributed by atoms with Gasteiger partial charge in [0.2, 0.25) is 0 Å². The lowest BCUT2D eigenvalue weighted by Gasteiger charge is -2.34. The second-order valence-corrected chi connectivity index (χ2v) is 6.26. The Kier molecular flexibility index (Phi) is 2.96. The molecular formula is C16H20N4O. The lowest BCUT2D eigenvalue weighted by molar-refractivity contribution is 0.157. The maximum atomic E-state index is 5.98. The molecule has 0 saturated carbocycles. The zero-order valence-corrected chi connectivity index (χ0v) is 12.2. The summed E-state index contributed by atoms with van der Waals surface area (Å²) in [5.41, 5.74) is 7.48. The molecule has 0 aliphatic carbocycles. The molecule has 0 radical (unpaired) electrons. The number of nitrogens with zero attached hydrogens (tertiary/aromatic N) is 3. The second-order valence-electron chi connectivity index (χ2n) is 6.26. The van der Waals surface area contributed by atoms with Crippen molar-refractivity contribution >= 4 is 5.69 Å². The van der Waals surface area contributed by atoms with E-state index < -0.39 is 0 Å². The number of nitrogens with two attached hydrogens (primary N) is 1. The maximum absolute atomic E-state index is 5.98. The van der Waals surface area contributed by atoms with Crippen molar-refractivity contribution in [3.8, 4) is 11.5 Å². The molecule has 2 bridgehead atoms. The molecule has 0 amide bonds. The van der Waals surface area contributed by atoms with Crippen molar-refractivity contribution in [2.45, 2.75) is 43.7 Å². The number of rotatable bonds is 2. The molecule has 5 nitrogen and oxygen atoms in total. The van der Waals surface area contributed by atoms with Gasteiger partial charge in [0.1, 0.15) is 0 Å². The van der Waals surface area contributed by atoms with Crippen LogP contribution in [0.4, 0.5) is 5.69 Å². The van der Waals surface area contributed by atoms with Crippen LogP contribution in [0.5, 0.6) is 0 Å². The van der Waals surface area contributed by atoms with Crippen molar-refractivity contribution in [3.63, 3.8) is 0 Å². The van der Waals surface area contributed by atoms with Crippen molar-refractivity contribution in [2.75, 3.05) is 12.8 Å². The molecule has 2 aromatic rings. The van der Waals surface area contributed by atoms with E-state index in [9.17, 15) is 0 Å². The summed E-state index contributed by atoms with van der Waals surface area (Å²) in [6.07, 6.45) is 4.87. The van der Waals surface area contributed by atoms with Crippen molar-refractivity contribution in [2.24, 2.45) is 0 Å². The lowest BCUT2D eigenvalue weighted by Crippen LogP contribution is -2.39. The molecule has 4 rings (SSSR count). The van der Waals surface area contributed by atoms with E-state index in [-0.39, 0.29) is 0 Å². The summed E-state index contributed by atoms with van der Waals surface area (Å²) in [4.78, 5) is 7.13. The molecule has 0 spiro atoms. The minimum absolute atomic E-state index is 0.418. The molecule has 3 heterocycles. The first-order valence-corrected chi connectivity index (χ1v) is 7.63. The van der Waals surface area contributed by atoms with Crippen LogP contribution < -0.4 is 5.73 Å². The predicted octanol–water partition coefficient (Wildman–Crippen LogP) is 2.66. The number of anilines is 1. The van der Waals surface area contributed by atoms with E-state index in [1.807, 2.05) is 24.3 Å². The van der Waals surface area contributed by atoms with E-state index in [1.165, 1.54) is 12.8 Å². The SMILES string of the molecule is CN1C2CCC1CC(c1noc(-c3ccccc3N)n1)C2. The zero-order chi connectivity index (χ0) is 14.4. The van der Waals surface area contributed by atoms with Crippen molar-refractivity contribution in [3.05, 3.63) is 30.1 Å². The molecule has 1 aromatic heterocycles. The smallest absolute Gasteiger partial charge is 0.260 e. The van der Waals surface area contributed by atoms with Crippen LogP contribution >= 0.6 is 0 Å². The molecule has 2 unspecified atom stereocenters. The summed E-state index contributed by atoms with van der Waals surface area (Å²) in [5.74, 6) is 1.80. The highest BCUT2D eigenvalue weighted by Crippen LogP contribution is 2.41. The fourth-order valence-electron chi connectivity index (χ4n) is 3.82. The lowest BCUT2D eigenvalue weighted by atomic mass is 9.90. The highest BCUT2D eigenvalue weighted by Gasteiger charge is 2.40. The van der Waals surface area contributed by atoms with E-state index in [1.54, 1.807) is 0 Å². The van der Waals surface area contributed by atoms with Gasteiger partial charge >= 0.3 is 0 Å². The quantitative estimate of drug-likeness (QED) is 0.859. The Morgan fingerprint density at radius 3 is 2.62 bits per heavy atom. The normalized spacial score (nSPS) is 28.9. The molecule has 2 atom stereocenters.